The van der Waals surface area contributed by atoms with E-state index in [1.807, 2.05) is 0 Å². The van der Waals surface area contributed by atoms with Gasteiger partial charge in [0.1, 0.15) is 11.9 Å². The number of halogens is 1. The van der Waals surface area contributed by atoms with Crippen LogP contribution in [0.15, 0.2) is 18.2 Å². The third-order valence-electron chi connectivity index (χ3n) is 2.74. The Morgan fingerprint density at radius 3 is 2.67 bits per heavy atom. The number of benzene rings is 1. The molecule has 2 amide bonds. The quantitative estimate of drug-likeness (QED) is 0.673. The largest absolute Gasteiger partial charge is 0.480 e. The second-order valence-corrected chi connectivity index (χ2v) is 4.64. The van der Waals surface area contributed by atoms with Gasteiger partial charge in [-0.05, 0) is 43.5 Å². The summed E-state index contributed by atoms with van der Waals surface area (Å²) in [6.45, 7) is 2.10. The topological polar surface area (TPSA) is 87.7 Å². The highest BCUT2D eigenvalue weighted by Gasteiger charge is 2.19. The predicted octanol–water partition coefficient (Wildman–Crippen LogP) is 2.14. The number of amides is 2. The number of carbonyl (C=O) groups is 2. The van der Waals surface area contributed by atoms with Crippen molar-refractivity contribution in [1.29, 1.82) is 0 Å². The molecule has 0 fully saturated rings. The normalized spacial score (nSPS) is 11.8. The Hall–Kier alpha value is -2.15. The fraction of sp³-hybridized carbons (Fsp3) is 0.429. The number of urea groups is 1. The molecular formula is C14H19FN2O4. The molecule has 1 aromatic carbocycles. The molecule has 0 radical (unpaired) electrons. The number of ether oxygens (including phenoxy) is 1. The van der Waals surface area contributed by atoms with E-state index in [9.17, 15) is 14.0 Å². The third kappa shape index (κ3) is 6.22. The highest BCUT2D eigenvalue weighted by atomic mass is 19.1. The number of carboxylic acids is 1. The molecule has 116 valence electrons. The molecule has 0 aromatic heterocycles. The van der Waals surface area contributed by atoms with Crippen LogP contribution in [-0.4, -0.2) is 36.9 Å². The molecule has 7 heteroatoms. The van der Waals surface area contributed by atoms with E-state index < -0.39 is 23.9 Å². The summed E-state index contributed by atoms with van der Waals surface area (Å²) >= 11 is 0. The average molecular weight is 298 g/mol. The molecule has 1 aromatic rings. The minimum atomic E-state index is -1.13. The maximum absolute atomic E-state index is 13.2. The molecular weight excluding hydrogens is 279 g/mol. The number of hydrogen-bond acceptors (Lipinski definition) is 3. The van der Waals surface area contributed by atoms with Crippen LogP contribution in [0.2, 0.25) is 0 Å². The lowest BCUT2D eigenvalue weighted by molar-refractivity contribution is -0.139. The summed E-state index contributed by atoms with van der Waals surface area (Å²) in [5.74, 6) is -1.60. The van der Waals surface area contributed by atoms with Crippen LogP contribution < -0.4 is 10.6 Å². The lowest BCUT2D eigenvalue weighted by atomic mass is 10.1. The van der Waals surface area contributed by atoms with E-state index in [1.54, 1.807) is 13.0 Å². The third-order valence-corrected chi connectivity index (χ3v) is 2.74. The van der Waals surface area contributed by atoms with Crippen molar-refractivity contribution in [3.63, 3.8) is 0 Å². The smallest absolute Gasteiger partial charge is 0.326 e. The Morgan fingerprint density at radius 2 is 2.10 bits per heavy atom. The number of carbonyl (C=O) groups excluding carboxylic acids is 1. The van der Waals surface area contributed by atoms with Gasteiger partial charge in [-0.25, -0.2) is 14.0 Å². The zero-order chi connectivity index (χ0) is 15.8. The standard InChI is InChI=1S/C14H19FN2O4/c1-9-6-10(15)8-11(7-9)16-14(20)17-12(13(18)19)4-3-5-21-2/h6-8,12H,3-5H2,1-2H3,(H,18,19)(H2,16,17,20). The molecule has 0 aliphatic rings. The summed E-state index contributed by atoms with van der Waals surface area (Å²) in [4.78, 5) is 22.8. The van der Waals surface area contributed by atoms with Gasteiger partial charge in [-0.3, -0.25) is 0 Å². The van der Waals surface area contributed by atoms with Crippen LogP contribution in [0.3, 0.4) is 0 Å². The summed E-state index contributed by atoms with van der Waals surface area (Å²) in [6.07, 6.45) is 0.756. The lowest BCUT2D eigenvalue weighted by Crippen LogP contribution is -2.43. The average Bonchev–Trinajstić information content (AvgIpc) is 2.36. The Morgan fingerprint density at radius 1 is 1.38 bits per heavy atom. The number of carboxylic acid groups (broad SMARTS) is 1. The number of hydrogen-bond donors (Lipinski definition) is 3. The van der Waals surface area contributed by atoms with Crippen LogP contribution >= 0.6 is 0 Å². The minimum absolute atomic E-state index is 0.249. The van der Waals surface area contributed by atoms with Crippen molar-refractivity contribution in [3.05, 3.63) is 29.6 Å². The lowest BCUT2D eigenvalue weighted by Gasteiger charge is -2.15. The van der Waals surface area contributed by atoms with Gasteiger partial charge in [0.15, 0.2) is 0 Å². The summed E-state index contributed by atoms with van der Waals surface area (Å²) in [6, 6.07) is 2.37. The van der Waals surface area contributed by atoms with Gasteiger partial charge in [-0.15, -0.1) is 0 Å². The molecule has 0 spiro atoms. The van der Waals surface area contributed by atoms with Crippen LogP contribution in [0.4, 0.5) is 14.9 Å². The van der Waals surface area contributed by atoms with Gasteiger partial charge in [-0.2, -0.15) is 0 Å². The van der Waals surface area contributed by atoms with E-state index >= 15 is 0 Å². The van der Waals surface area contributed by atoms with E-state index in [0.29, 0.717) is 18.6 Å². The van der Waals surface area contributed by atoms with Crippen molar-refractivity contribution >= 4 is 17.7 Å². The second-order valence-electron chi connectivity index (χ2n) is 4.64. The van der Waals surface area contributed by atoms with Crippen LogP contribution in [0.1, 0.15) is 18.4 Å². The van der Waals surface area contributed by atoms with Crippen molar-refractivity contribution in [1.82, 2.24) is 5.32 Å². The van der Waals surface area contributed by atoms with E-state index in [4.69, 9.17) is 9.84 Å². The van der Waals surface area contributed by atoms with Crippen LogP contribution in [0.25, 0.3) is 0 Å². The molecule has 6 nitrogen and oxygen atoms in total. The molecule has 0 aliphatic heterocycles. The van der Waals surface area contributed by atoms with Crippen molar-refractivity contribution < 1.29 is 23.8 Å². The fourth-order valence-electron chi connectivity index (χ4n) is 1.82. The molecule has 1 atom stereocenters. The molecule has 0 aliphatic carbocycles. The fourth-order valence-corrected chi connectivity index (χ4v) is 1.82. The zero-order valence-corrected chi connectivity index (χ0v) is 12.0. The highest BCUT2D eigenvalue weighted by molar-refractivity contribution is 5.92. The molecule has 0 heterocycles. The van der Waals surface area contributed by atoms with E-state index in [0.717, 1.165) is 6.07 Å². The summed E-state index contributed by atoms with van der Waals surface area (Å²) in [7, 11) is 1.52. The molecule has 21 heavy (non-hydrogen) atoms. The maximum Gasteiger partial charge on any atom is 0.326 e. The van der Waals surface area contributed by atoms with Gasteiger partial charge in [-0.1, -0.05) is 0 Å². The number of methoxy groups -OCH3 is 1. The zero-order valence-electron chi connectivity index (χ0n) is 12.0. The second kappa shape index (κ2) is 8.21. The van der Waals surface area contributed by atoms with Crippen LogP contribution in [0.5, 0.6) is 0 Å². The first kappa shape index (κ1) is 16.9. The molecule has 0 saturated heterocycles. The van der Waals surface area contributed by atoms with E-state index in [-0.39, 0.29) is 12.1 Å². The van der Waals surface area contributed by atoms with Gasteiger partial charge < -0.3 is 20.5 Å². The number of rotatable bonds is 7. The number of anilines is 1. The number of aliphatic carboxylic acids is 1. The Labute approximate surface area is 122 Å². The molecule has 0 saturated carbocycles. The molecule has 1 rings (SSSR count). The summed E-state index contributed by atoms with van der Waals surface area (Å²) < 4.78 is 18.0. The maximum atomic E-state index is 13.2. The molecule has 0 bridgehead atoms. The minimum Gasteiger partial charge on any atom is -0.480 e. The van der Waals surface area contributed by atoms with E-state index in [1.165, 1.54) is 13.2 Å². The van der Waals surface area contributed by atoms with Gasteiger partial charge in [0.2, 0.25) is 0 Å². The first-order valence-corrected chi connectivity index (χ1v) is 6.49. The number of aryl methyl sites for hydroxylation is 1. The summed E-state index contributed by atoms with van der Waals surface area (Å²) in [5.41, 5.74) is 0.922. The van der Waals surface area contributed by atoms with Crippen molar-refractivity contribution in [2.75, 3.05) is 19.0 Å². The van der Waals surface area contributed by atoms with Crippen molar-refractivity contribution in [3.8, 4) is 0 Å². The molecule has 3 N–H and O–H groups in total. The Kier molecular flexibility index (Phi) is 6.61. The van der Waals surface area contributed by atoms with E-state index in [2.05, 4.69) is 10.6 Å². The Balaban J connectivity index is 2.58. The monoisotopic (exact) mass is 298 g/mol. The Bertz CT molecular complexity index is 487. The van der Waals surface area contributed by atoms with Gasteiger partial charge in [0.05, 0.1) is 0 Å². The van der Waals surface area contributed by atoms with Gasteiger partial charge in [0.25, 0.3) is 0 Å². The SMILES string of the molecule is COCCCC(NC(=O)Nc1cc(C)cc(F)c1)C(=O)O. The first-order chi connectivity index (χ1) is 9.92. The highest BCUT2D eigenvalue weighted by Crippen LogP contribution is 2.13. The first-order valence-electron chi connectivity index (χ1n) is 6.49. The van der Waals surface area contributed by atoms with Crippen molar-refractivity contribution in [2.24, 2.45) is 0 Å². The number of nitrogens with one attached hydrogen (secondary N) is 2. The van der Waals surface area contributed by atoms with Gasteiger partial charge >= 0.3 is 12.0 Å². The molecule has 1 unspecified atom stereocenters. The van der Waals surface area contributed by atoms with Crippen LogP contribution in [0, 0.1) is 12.7 Å². The summed E-state index contributed by atoms with van der Waals surface area (Å²) in [5, 5.41) is 13.8. The van der Waals surface area contributed by atoms with Crippen molar-refractivity contribution in [2.45, 2.75) is 25.8 Å². The van der Waals surface area contributed by atoms with Crippen LogP contribution in [-0.2, 0) is 9.53 Å². The van der Waals surface area contributed by atoms with Gasteiger partial charge in [0, 0.05) is 19.4 Å². The predicted molar refractivity (Wildman–Crippen MR) is 75.8 cm³/mol.